The Kier molecular flexibility index (Phi) is 5.51. The summed E-state index contributed by atoms with van der Waals surface area (Å²) >= 11 is 0. The van der Waals surface area contributed by atoms with E-state index in [9.17, 15) is 23.4 Å². The first kappa shape index (κ1) is 20.8. The number of benzene rings is 2. The third-order valence-corrected chi connectivity index (χ3v) is 7.17. The lowest BCUT2D eigenvalue weighted by Gasteiger charge is -2.26. The number of nitrogens with one attached hydrogen (secondary N) is 1. The van der Waals surface area contributed by atoms with Crippen LogP contribution in [0.2, 0.25) is 0 Å². The highest BCUT2D eigenvalue weighted by atomic mass is 32.2. The summed E-state index contributed by atoms with van der Waals surface area (Å²) in [5, 5.41) is 24.2. The first-order chi connectivity index (χ1) is 14.3. The van der Waals surface area contributed by atoms with Gasteiger partial charge in [-0.25, -0.2) is 13.2 Å². The van der Waals surface area contributed by atoms with Crippen LogP contribution in [0.1, 0.15) is 0 Å². The molecular weight excluding hydrogens is 410 g/mol. The Bertz CT molecular complexity index is 1190. The van der Waals surface area contributed by atoms with E-state index in [1.807, 2.05) is 0 Å². The Morgan fingerprint density at radius 3 is 2.60 bits per heavy atom. The van der Waals surface area contributed by atoms with Gasteiger partial charge in [-0.1, -0.05) is 30.3 Å². The molecule has 4 rings (SSSR count). The molecule has 2 aromatic carbocycles. The van der Waals surface area contributed by atoms with Crippen LogP contribution in [0.4, 0.5) is 0 Å². The van der Waals surface area contributed by atoms with Crippen LogP contribution in [-0.4, -0.2) is 65.4 Å². The predicted octanol–water partition coefficient (Wildman–Crippen LogP) is -0.0194. The van der Waals surface area contributed by atoms with Crippen LogP contribution in [-0.2, 0) is 16.6 Å². The zero-order valence-corrected chi connectivity index (χ0v) is 17.0. The Hall–Kier alpha value is -2.50. The molecule has 3 N–H and O–H groups in total. The van der Waals surface area contributed by atoms with Crippen molar-refractivity contribution in [1.82, 2.24) is 14.2 Å². The van der Waals surface area contributed by atoms with E-state index in [1.165, 1.54) is 16.7 Å². The fourth-order valence-electron chi connectivity index (χ4n) is 3.66. The average molecular weight is 433 g/mol. The van der Waals surface area contributed by atoms with Crippen molar-refractivity contribution in [1.29, 1.82) is 0 Å². The van der Waals surface area contributed by atoms with E-state index < -0.39 is 27.5 Å². The van der Waals surface area contributed by atoms with Gasteiger partial charge in [0, 0.05) is 32.7 Å². The summed E-state index contributed by atoms with van der Waals surface area (Å²) in [6.45, 7) is 0.172. The van der Waals surface area contributed by atoms with Crippen LogP contribution in [0.25, 0.3) is 11.1 Å². The van der Waals surface area contributed by atoms with E-state index in [0.29, 0.717) is 24.2 Å². The number of hydrogen-bond donors (Lipinski definition) is 3. The zero-order chi connectivity index (χ0) is 21.4. The van der Waals surface area contributed by atoms with E-state index >= 15 is 0 Å². The number of hydrogen-bond acceptors (Lipinski definition) is 7. The average Bonchev–Trinajstić information content (AvgIpc) is 3.22. The molecule has 1 aromatic heterocycles. The van der Waals surface area contributed by atoms with Gasteiger partial charge in [-0.2, -0.15) is 4.31 Å². The molecule has 0 spiro atoms. The highest BCUT2D eigenvalue weighted by molar-refractivity contribution is 7.89. The number of aliphatic hydroxyl groups is 2. The second-order valence-electron chi connectivity index (χ2n) is 7.39. The summed E-state index contributed by atoms with van der Waals surface area (Å²) in [4.78, 5) is 12.1. The Morgan fingerprint density at radius 1 is 1.13 bits per heavy atom. The minimum Gasteiger partial charge on any atom is -0.408 e. The van der Waals surface area contributed by atoms with Crippen LogP contribution >= 0.6 is 0 Å². The molecule has 1 saturated heterocycles. The van der Waals surface area contributed by atoms with E-state index in [-0.39, 0.29) is 24.5 Å². The van der Waals surface area contributed by atoms with Gasteiger partial charge in [-0.3, -0.25) is 4.57 Å². The molecule has 1 fully saturated rings. The molecule has 9 nitrogen and oxygen atoms in total. The van der Waals surface area contributed by atoms with Gasteiger partial charge in [0.25, 0.3) is 0 Å². The van der Waals surface area contributed by atoms with E-state index in [2.05, 4.69) is 5.32 Å². The van der Waals surface area contributed by atoms with Crippen molar-refractivity contribution >= 4 is 21.1 Å². The summed E-state index contributed by atoms with van der Waals surface area (Å²) in [7, 11) is -3.81. The van der Waals surface area contributed by atoms with Gasteiger partial charge in [0.2, 0.25) is 10.0 Å². The van der Waals surface area contributed by atoms with E-state index in [1.54, 1.807) is 42.5 Å². The summed E-state index contributed by atoms with van der Waals surface area (Å²) in [6.07, 6.45) is -1.24. The maximum Gasteiger partial charge on any atom is 0.419 e. The molecule has 10 heteroatoms. The SMILES string of the molecule is O=c1oc2ccccc2n1CCNC[C@]1(O)CN(S(=O)(=O)c2ccccc2)C[C@H]1O. The number of para-hydroxylation sites is 2. The number of rotatable bonds is 7. The third kappa shape index (κ3) is 3.80. The van der Waals surface area contributed by atoms with Crippen LogP contribution < -0.4 is 11.1 Å². The lowest BCUT2D eigenvalue weighted by Crippen LogP contribution is -2.50. The molecule has 3 aromatic rings. The predicted molar refractivity (Wildman–Crippen MR) is 110 cm³/mol. The molecule has 30 heavy (non-hydrogen) atoms. The largest absolute Gasteiger partial charge is 0.419 e. The standard InChI is InChI=1S/C20H23N3O6S/c24-18-12-22(30(27,28)15-6-2-1-3-7-15)14-20(18,26)13-21-10-11-23-16-8-4-5-9-17(16)29-19(23)25/h1-9,18,21,24,26H,10-14H2/t18-,20+/m1/s1. The summed E-state index contributed by atoms with van der Waals surface area (Å²) in [5.74, 6) is -0.474. The van der Waals surface area contributed by atoms with Crippen molar-refractivity contribution in [2.75, 3.05) is 26.2 Å². The normalized spacial score (nSPS) is 22.7. The van der Waals surface area contributed by atoms with Gasteiger partial charge in [-0.05, 0) is 24.3 Å². The highest BCUT2D eigenvalue weighted by Crippen LogP contribution is 2.27. The highest BCUT2D eigenvalue weighted by Gasteiger charge is 2.48. The van der Waals surface area contributed by atoms with Gasteiger partial charge < -0.3 is 19.9 Å². The Labute approximate surface area is 173 Å². The Balaban J connectivity index is 1.39. The minimum absolute atomic E-state index is 0.0283. The smallest absolute Gasteiger partial charge is 0.408 e. The van der Waals surface area contributed by atoms with Gasteiger partial charge in [-0.15, -0.1) is 0 Å². The summed E-state index contributed by atoms with van der Waals surface area (Å²) in [6, 6.07) is 15.0. The maximum atomic E-state index is 12.7. The van der Waals surface area contributed by atoms with Crippen LogP contribution in [0, 0.1) is 0 Å². The van der Waals surface area contributed by atoms with Crippen molar-refractivity contribution in [3.05, 3.63) is 65.1 Å². The van der Waals surface area contributed by atoms with Crippen molar-refractivity contribution in [2.45, 2.75) is 23.1 Å². The molecule has 2 heterocycles. The number of aliphatic hydroxyl groups excluding tert-OH is 1. The third-order valence-electron chi connectivity index (χ3n) is 5.34. The molecule has 1 aliphatic rings. The molecule has 0 unspecified atom stereocenters. The van der Waals surface area contributed by atoms with Gasteiger partial charge in [0.05, 0.1) is 16.5 Å². The second kappa shape index (κ2) is 7.97. The number of oxazole rings is 1. The van der Waals surface area contributed by atoms with Gasteiger partial charge in [0.1, 0.15) is 5.60 Å². The quantitative estimate of drug-likeness (QED) is 0.447. The molecule has 0 amide bonds. The molecule has 0 saturated carbocycles. The fourth-order valence-corrected chi connectivity index (χ4v) is 5.19. The van der Waals surface area contributed by atoms with Crippen molar-refractivity contribution in [3.8, 4) is 0 Å². The maximum absolute atomic E-state index is 12.7. The lowest BCUT2D eigenvalue weighted by atomic mass is 10.0. The Morgan fingerprint density at radius 2 is 1.83 bits per heavy atom. The summed E-state index contributed by atoms with van der Waals surface area (Å²) in [5.41, 5.74) is -0.469. The van der Waals surface area contributed by atoms with Crippen molar-refractivity contribution in [2.24, 2.45) is 0 Å². The molecule has 0 radical (unpaired) electrons. The summed E-state index contributed by atoms with van der Waals surface area (Å²) < 4.78 is 33.2. The zero-order valence-electron chi connectivity index (χ0n) is 16.1. The second-order valence-corrected chi connectivity index (χ2v) is 9.33. The van der Waals surface area contributed by atoms with Crippen LogP contribution in [0.15, 0.2) is 68.7 Å². The van der Waals surface area contributed by atoms with Crippen LogP contribution in [0.3, 0.4) is 0 Å². The number of aromatic nitrogens is 1. The molecule has 0 aliphatic carbocycles. The van der Waals surface area contributed by atoms with E-state index in [0.717, 1.165) is 4.31 Å². The number of fused-ring (bicyclic) bond motifs is 1. The van der Waals surface area contributed by atoms with Crippen LogP contribution in [0.5, 0.6) is 0 Å². The monoisotopic (exact) mass is 433 g/mol. The van der Waals surface area contributed by atoms with Gasteiger partial charge in [0.15, 0.2) is 5.58 Å². The first-order valence-electron chi connectivity index (χ1n) is 9.56. The molecule has 160 valence electrons. The number of β-amino-alcohol motifs (C(OH)–C–C–N with tert-alkyl or cyclic N) is 2. The van der Waals surface area contributed by atoms with Gasteiger partial charge >= 0.3 is 5.76 Å². The molecular formula is C20H23N3O6S. The minimum atomic E-state index is -3.81. The molecule has 2 atom stereocenters. The topological polar surface area (TPSA) is 125 Å². The fraction of sp³-hybridized carbons (Fsp3) is 0.350. The first-order valence-corrected chi connectivity index (χ1v) is 11.0. The molecule has 0 bridgehead atoms. The van der Waals surface area contributed by atoms with Crippen molar-refractivity contribution in [3.63, 3.8) is 0 Å². The van der Waals surface area contributed by atoms with E-state index in [4.69, 9.17) is 4.42 Å². The van der Waals surface area contributed by atoms with Crippen molar-refractivity contribution < 1.29 is 23.0 Å². The lowest BCUT2D eigenvalue weighted by molar-refractivity contribution is -0.0382. The number of nitrogens with zero attached hydrogens (tertiary/aromatic N) is 2. The molecule has 1 aliphatic heterocycles. The number of sulfonamides is 1.